The SMILES string of the molecule is Cn1c(CC(=O)C2CCCCC2(C)C)nc2ccccc21. The molecule has 1 aromatic heterocycles. The minimum atomic E-state index is 0.139. The van der Waals surface area contributed by atoms with Crippen LogP contribution in [0.4, 0.5) is 0 Å². The van der Waals surface area contributed by atoms with Crippen molar-refractivity contribution in [2.45, 2.75) is 46.0 Å². The van der Waals surface area contributed by atoms with Gasteiger partial charge in [0.2, 0.25) is 0 Å². The molecule has 0 N–H and O–H groups in total. The van der Waals surface area contributed by atoms with Crippen molar-refractivity contribution >= 4 is 16.8 Å². The van der Waals surface area contributed by atoms with E-state index < -0.39 is 0 Å². The molecule has 1 saturated carbocycles. The van der Waals surface area contributed by atoms with Gasteiger partial charge in [-0.15, -0.1) is 0 Å². The lowest BCUT2D eigenvalue weighted by atomic mass is 9.67. The van der Waals surface area contributed by atoms with Crippen LogP contribution in [-0.4, -0.2) is 15.3 Å². The topological polar surface area (TPSA) is 34.9 Å². The van der Waals surface area contributed by atoms with E-state index in [1.807, 2.05) is 25.2 Å². The van der Waals surface area contributed by atoms with Gasteiger partial charge >= 0.3 is 0 Å². The number of benzene rings is 1. The molecule has 0 saturated heterocycles. The summed E-state index contributed by atoms with van der Waals surface area (Å²) in [5.41, 5.74) is 2.22. The molecule has 1 aliphatic carbocycles. The molecule has 1 heterocycles. The Morgan fingerprint density at radius 2 is 2.10 bits per heavy atom. The number of carbonyl (C=O) groups excluding carboxylic acids is 1. The van der Waals surface area contributed by atoms with E-state index in [1.165, 1.54) is 12.8 Å². The van der Waals surface area contributed by atoms with E-state index in [-0.39, 0.29) is 11.3 Å². The fourth-order valence-corrected chi connectivity index (χ4v) is 3.72. The highest BCUT2D eigenvalue weighted by Crippen LogP contribution is 2.41. The van der Waals surface area contributed by atoms with Crippen molar-refractivity contribution in [2.24, 2.45) is 18.4 Å². The Morgan fingerprint density at radius 3 is 2.81 bits per heavy atom. The highest BCUT2D eigenvalue weighted by Gasteiger charge is 2.37. The van der Waals surface area contributed by atoms with Crippen LogP contribution in [0.1, 0.15) is 45.4 Å². The first-order valence-corrected chi connectivity index (χ1v) is 7.92. The van der Waals surface area contributed by atoms with Gasteiger partial charge in [0.25, 0.3) is 0 Å². The number of aryl methyl sites for hydroxylation is 1. The molecule has 1 atom stereocenters. The number of para-hydroxylation sites is 2. The first-order valence-electron chi connectivity index (χ1n) is 7.92. The molecule has 0 spiro atoms. The lowest BCUT2D eigenvalue weighted by Gasteiger charge is -2.37. The Bertz CT molecular complexity index is 669. The van der Waals surface area contributed by atoms with Crippen molar-refractivity contribution in [3.05, 3.63) is 30.1 Å². The summed E-state index contributed by atoms with van der Waals surface area (Å²) in [7, 11) is 2.00. The Hall–Kier alpha value is -1.64. The van der Waals surface area contributed by atoms with E-state index in [0.29, 0.717) is 12.2 Å². The molecule has 1 aromatic carbocycles. The van der Waals surface area contributed by atoms with Gasteiger partial charge in [-0.2, -0.15) is 0 Å². The molecular weight excluding hydrogens is 260 g/mol. The number of hydrogen-bond acceptors (Lipinski definition) is 2. The van der Waals surface area contributed by atoms with Crippen LogP contribution < -0.4 is 0 Å². The molecule has 3 heteroatoms. The highest BCUT2D eigenvalue weighted by atomic mass is 16.1. The van der Waals surface area contributed by atoms with E-state index in [2.05, 4.69) is 29.5 Å². The predicted octanol–water partition coefficient (Wildman–Crippen LogP) is 3.90. The molecule has 0 radical (unpaired) electrons. The van der Waals surface area contributed by atoms with Crippen molar-refractivity contribution < 1.29 is 4.79 Å². The zero-order valence-corrected chi connectivity index (χ0v) is 13.2. The zero-order valence-electron chi connectivity index (χ0n) is 13.2. The monoisotopic (exact) mass is 284 g/mol. The maximum absolute atomic E-state index is 12.8. The maximum atomic E-state index is 12.8. The zero-order chi connectivity index (χ0) is 15.0. The third-order valence-electron chi connectivity index (χ3n) is 5.11. The maximum Gasteiger partial charge on any atom is 0.144 e. The fraction of sp³-hybridized carbons (Fsp3) is 0.556. The normalized spacial score (nSPS) is 21.6. The molecular formula is C18H24N2O. The van der Waals surface area contributed by atoms with Gasteiger partial charge < -0.3 is 4.57 Å². The van der Waals surface area contributed by atoms with E-state index in [4.69, 9.17) is 0 Å². The first kappa shape index (κ1) is 14.3. The van der Waals surface area contributed by atoms with Crippen molar-refractivity contribution in [1.29, 1.82) is 0 Å². The van der Waals surface area contributed by atoms with Crippen LogP contribution in [0.15, 0.2) is 24.3 Å². The average molecular weight is 284 g/mol. The van der Waals surface area contributed by atoms with Crippen LogP contribution >= 0.6 is 0 Å². The van der Waals surface area contributed by atoms with Crippen molar-refractivity contribution in [3.8, 4) is 0 Å². The second kappa shape index (κ2) is 5.28. The summed E-state index contributed by atoms with van der Waals surface area (Å²) in [5.74, 6) is 1.44. The van der Waals surface area contributed by atoms with Gasteiger partial charge in [0.15, 0.2) is 0 Å². The van der Waals surface area contributed by atoms with Crippen molar-refractivity contribution in [3.63, 3.8) is 0 Å². The van der Waals surface area contributed by atoms with Gasteiger partial charge in [0, 0.05) is 13.0 Å². The Balaban J connectivity index is 1.84. The molecule has 1 aliphatic rings. The molecule has 1 fully saturated rings. The van der Waals surface area contributed by atoms with Gasteiger partial charge in [-0.1, -0.05) is 38.8 Å². The molecule has 2 aromatic rings. The summed E-state index contributed by atoms with van der Waals surface area (Å²) in [6.07, 6.45) is 5.09. The lowest BCUT2D eigenvalue weighted by Crippen LogP contribution is -2.35. The third kappa shape index (κ3) is 2.61. The Kier molecular flexibility index (Phi) is 3.60. The van der Waals surface area contributed by atoms with Crippen LogP contribution in [0, 0.1) is 11.3 Å². The van der Waals surface area contributed by atoms with Gasteiger partial charge in [-0.05, 0) is 30.4 Å². The predicted molar refractivity (Wildman–Crippen MR) is 85.2 cm³/mol. The van der Waals surface area contributed by atoms with E-state index in [1.54, 1.807) is 0 Å². The first-order chi connectivity index (χ1) is 9.99. The number of carbonyl (C=O) groups is 1. The number of imidazole rings is 1. The van der Waals surface area contributed by atoms with Crippen molar-refractivity contribution in [1.82, 2.24) is 9.55 Å². The van der Waals surface area contributed by atoms with Crippen LogP contribution in [0.3, 0.4) is 0 Å². The minimum Gasteiger partial charge on any atom is -0.331 e. The number of aromatic nitrogens is 2. The van der Waals surface area contributed by atoms with Gasteiger partial charge in [-0.25, -0.2) is 4.98 Å². The molecule has 0 amide bonds. The lowest BCUT2D eigenvalue weighted by molar-refractivity contribution is -0.127. The molecule has 112 valence electrons. The number of hydrogen-bond donors (Lipinski definition) is 0. The van der Waals surface area contributed by atoms with Crippen LogP contribution in [0.2, 0.25) is 0 Å². The molecule has 0 aliphatic heterocycles. The summed E-state index contributed by atoms with van der Waals surface area (Å²) < 4.78 is 2.06. The summed E-state index contributed by atoms with van der Waals surface area (Å²) in [5, 5.41) is 0. The second-order valence-corrected chi connectivity index (χ2v) is 7.01. The van der Waals surface area contributed by atoms with E-state index in [0.717, 1.165) is 29.7 Å². The van der Waals surface area contributed by atoms with Gasteiger partial charge in [0.05, 0.1) is 17.5 Å². The Morgan fingerprint density at radius 1 is 1.33 bits per heavy atom. The summed E-state index contributed by atoms with van der Waals surface area (Å²) in [4.78, 5) is 17.4. The molecule has 3 rings (SSSR count). The van der Waals surface area contributed by atoms with Crippen LogP contribution in [-0.2, 0) is 18.3 Å². The van der Waals surface area contributed by atoms with E-state index in [9.17, 15) is 4.79 Å². The average Bonchev–Trinajstić information content (AvgIpc) is 2.75. The molecule has 0 bridgehead atoms. The largest absolute Gasteiger partial charge is 0.331 e. The smallest absolute Gasteiger partial charge is 0.144 e. The molecule has 21 heavy (non-hydrogen) atoms. The molecule has 1 unspecified atom stereocenters. The quantitative estimate of drug-likeness (QED) is 0.856. The van der Waals surface area contributed by atoms with Crippen LogP contribution in [0.5, 0.6) is 0 Å². The number of rotatable bonds is 3. The summed E-state index contributed by atoms with van der Waals surface area (Å²) >= 11 is 0. The summed E-state index contributed by atoms with van der Waals surface area (Å²) in [6, 6.07) is 8.07. The van der Waals surface area contributed by atoms with Crippen LogP contribution in [0.25, 0.3) is 11.0 Å². The minimum absolute atomic E-state index is 0.139. The highest BCUT2D eigenvalue weighted by molar-refractivity contribution is 5.85. The number of ketones is 1. The summed E-state index contributed by atoms with van der Waals surface area (Å²) in [6.45, 7) is 4.48. The van der Waals surface area contributed by atoms with Gasteiger partial charge in [-0.3, -0.25) is 4.79 Å². The van der Waals surface area contributed by atoms with E-state index >= 15 is 0 Å². The van der Waals surface area contributed by atoms with Crippen molar-refractivity contribution in [2.75, 3.05) is 0 Å². The number of fused-ring (bicyclic) bond motifs is 1. The third-order valence-corrected chi connectivity index (χ3v) is 5.11. The standard InChI is InChI=1S/C18H24N2O/c1-18(2)11-7-6-8-13(18)16(21)12-17-19-14-9-4-5-10-15(14)20(17)3/h4-5,9-10,13H,6-8,11-12H2,1-3H3. The fourth-order valence-electron chi connectivity index (χ4n) is 3.72. The Labute approximate surface area is 126 Å². The van der Waals surface area contributed by atoms with Gasteiger partial charge in [0.1, 0.15) is 11.6 Å². The number of nitrogens with zero attached hydrogens (tertiary/aromatic N) is 2. The molecule has 3 nitrogen and oxygen atoms in total. The number of Topliss-reactive ketones (excluding diaryl/α,β-unsaturated/α-hetero) is 1. The second-order valence-electron chi connectivity index (χ2n) is 7.01.